The number of rotatable bonds is 12. The van der Waals surface area contributed by atoms with Gasteiger partial charge in [-0.05, 0) is 61.9 Å². The number of halogens is 3. The molecule has 41 heavy (non-hydrogen) atoms. The Labute approximate surface area is 235 Å². The van der Waals surface area contributed by atoms with Gasteiger partial charge in [-0.1, -0.05) is 50.5 Å². The Kier molecular flexibility index (Phi) is 10.7. The van der Waals surface area contributed by atoms with Crippen LogP contribution in [-0.4, -0.2) is 30.7 Å². The summed E-state index contributed by atoms with van der Waals surface area (Å²) < 4.78 is 60.1. The molecule has 7 nitrogen and oxygen atoms in total. The highest BCUT2D eigenvalue weighted by Gasteiger charge is 2.38. The Balaban J connectivity index is 1.78. The second kappa shape index (κ2) is 14.2. The van der Waals surface area contributed by atoms with Gasteiger partial charge in [0, 0.05) is 6.07 Å². The molecule has 0 aliphatic rings. The molecule has 0 radical (unpaired) electrons. The summed E-state index contributed by atoms with van der Waals surface area (Å²) in [5.41, 5.74) is -0.544. The van der Waals surface area contributed by atoms with Gasteiger partial charge in [0.05, 0.1) is 17.7 Å². The Morgan fingerprint density at radius 3 is 1.93 bits per heavy atom. The van der Waals surface area contributed by atoms with Gasteiger partial charge in [0.15, 0.2) is 11.5 Å². The van der Waals surface area contributed by atoms with Gasteiger partial charge in [0.25, 0.3) is 0 Å². The number of hydrogen-bond donors (Lipinski definition) is 0. The van der Waals surface area contributed by atoms with Crippen LogP contribution in [0, 0.1) is 6.92 Å². The number of carbonyl (C=O) groups excluding carboxylic acids is 3. The van der Waals surface area contributed by atoms with Gasteiger partial charge in [0.1, 0.15) is 17.1 Å². The van der Waals surface area contributed by atoms with E-state index in [0.717, 1.165) is 43.4 Å². The van der Waals surface area contributed by atoms with Crippen molar-refractivity contribution < 1.29 is 46.5 Å². The number of alkyl halides is 3. The molecule has 0 N–H and O–H groups in total. The van der Waals surface area contributed by atoms with Crippen LogP contribution in [-0.2, 0) is 4.79 Å². The summed E-state index contributed by atoms with van der Waals surface area (Å²) in [7, 11) is 0. The zero-order valence-electron chi connectivity index (χ0n) is 22.6. The zero-order valence-corrected chi connectivity index (χ0v) is 22.6. The lowest BCUT2D eigenvalue weighted by atomic mass is 10.1. The molecule has 0 bridgehead atoms. The fraction of sp³-hybridized carbons (Fsp3) is 0.258. The lowest BCUT2D eigenvalue weighted by Gasteiger charge is -2.14. The molecule has 10 heteroatoms. The summed E-state index contributed by atoms with van der Waals surface area (Å²) in [6.07, 6.45) is -0.879. The highest BCUT2D eigenvalue weighted by atomic mass is 19.4. The summed E-state index contributed by atoms with van der Waals surface area (Å²) in [5.74, 6) is -4.05. The van der Waals surface area contributed by atoms with E-state index in [2.05, 4.69) is 13.5 Å². The van der Waals surface area contributed by atoms with Crippen LogP contribution in [0.2, 0.25) is 0 Å². The molecular weight excluding hydrogens is 541 g/mol. The van der Waals surface area contributed by atoms with E-state index >= 15 is 0 Å². The monoisotopic (exact) mass is 570 g/mol. The SMILES string of the molecule is C=C(C(=O)Oc1cc(OC(=O)c2ccc(C)cc2)ccc1OC(=O)c1ccc(OCCCCCC)cc1)C(F)(F)F. The molecule has 3 aromatic rings. The van der Waals surface area contributed by atoms with E-state index in [9.17, 15) is 27.6 Å². The molecule has 0 amide bonds. The van der Waals surface area contributed by atoms with Crippen molar-refractivity contribution in [1.82, 2.24) is 0 Å². The van der Waals surface area contributed by atoms with Crippen molar-refractivity contribution in [2.75, 3.05) is 6.61 Å². The predicted octanol–water partition coefficient (Wildman–Crippen LogP) is 7.42. The number of aryl methyl sites for hydroxylation is 1. The number of hydrogen-bond acceptors (Lipinski definition) is 7. The Morgan fingerprint density at radius 2 is 1.32 bits per heavy atom. The summed E-state index contributed by atoms with van der Waals surface area (Å²) in [4.78, 5) is 37.4. The molecule has 0 heterocycles. The quantitative estimate of drug-likeness (QED) is 0.0969. The van der Waals surface area contributed by atoms with Gasteiger partial charge in [-0.3, -0.25) is 0 Å². The number of benzene rings is 3. The van der Waals surface area contributed by atoms with Gasteiger partial charge >= 0.3 is 24.1 Å². The molecule has 216 valence electrons. The largest absolute Gasteiger partial charge is 0.494 e. The average Bonchev–Trinajstić information content (AvgIpc) is 2.94. The van der Waals surface area contributed by atoms with Crippen molar-refractivity contribution in [1.29, 1.82) is 0 Å². The molecular formula is C31H29F3O7. The van der Waals surface area contributed by atoms with E-state index in [-0.39, 0.29) is 22.6 Å². The van der Waals surface area contributed by atoms with Crippen LogP contribution in [0.1, 0.15) is 58.9 Å². The minimum atomic E-state index is -5.05. The van der Waals surface area contributed by atoms with E-state index in [1.807, 2.05) is 6.92 Å². The molecule has 0 fully saturated rings. The average molecular weight is 571 g/mol. The Hall–Kier alpha value is -4.60. The number of carbonyl (C=O) groups is 3. The van der Waals surface area contributed by atoms with Crippen LogP contribution >= 0.6 is 0 Å². The summed E-state index contributed by atoms with van der Waals surface area (Å²) >= 11 is 0. The molecule has 0 aromatic heterocycles. The minimum Gasteiger partial charge on any atom is -0.494 e. The molecule has 0 aliphatic carbocycles. The summed E-state index contributed by atoms with van der Waals surface area (Å²) in [5, 5.41) is 0. The lowest BCUT2D eigenvalue weighted by Crippen LogP contribution is -2.23. The van der Waals surface area contributed by atoms with Gasteiger partial charge in [0.2, 0.25) is 0 Å². The minimum absolute atomic E-state index is 0.107. The standard InChI is InChI=1S/C31H29F3O7/c1-4-5-6-7-18-38-24-14-12-23(13-15-24)30(37)40-26-17-16-25(39-29(36)22-10-8-20(2)9-11-22)19-27(26)41-28(35)21(3)31(32,33)34/h8-17,19H,3-7,18H2,1-2H3. The van der Waals surface area contributed by atoms with Crippen LogP contribution in [0.4, 0.5) is 13.2 Å². The molecule has 3 rings (SSSR count). The highest BCUT2D eigenvalue weighted by molar-refractivity contribution is 5.94. The zero-order chi connectivity index (χ0) is 30.0. The Bertz CT molecular complexity index is 1380. The second-order valence-electron chi connectivity index (χ2n) is 9.05. The van der Waals surface area contributed by atoms with E-state index in [0.29, 0.717) is 12.4 Å². The van der Waals surface area contributed by atoms with Crippen molar-refractivity contribution in [3.63, 3.8) is 0 Å². The van der Waals surface area contributed by atoms with Crippen LogP contribution in [0.3, 0.4) is 0 Å². The molecule has 0 aliphatic heterocycles. The first-order chi connectivity index (χ1) is 19.5. The smallest absolute Gasteiger partial charge is 0.422 e. The maximum Gasteiger partial charge on any atom is 0.422 e. The number of ether oxygens (including phenoxy) is 4. The van der Waals surface area contributed by atoms with Crippen molar-refractivity contribution in [3.05, 3.63) is 95.6 Å². The van der Waals surface area contributed by atoms with Gasteiger partial charge < -0.3 is 18.9 Å². The fourth-order valence-electron chi connectivity index (χ4n) is 3.41. The molecule has 3 aromatic carbocycles. The molecule has 0 atom stereocenters. The first kappa shape index (κ1) is 30.9. The lowest BCUT2D eigenvalue weighted by molar-refractivity contribution is -0.142. The fourth-order valence-corrected chi connectivity index (χ4v) is 3.41. The molecule has 0 saturated heterocycles. The maximum atomic E-state index is 13.0. The van der Waals surface area contributed by atoms with Crippen molar-refractivity contribution in [2.45, 2.75) is 45.7 Å². The van der Waals surface area contributed by atoms with Crippen LogP contribution < -0.4 is 18.9 Å². The van der Waals surface area contributed by atoms with Crippen LogP contribution in [0.25, 0.3) is 0 Å². The third kappa shape index (κ3) is 9.23. The summed E-state index contributed by atoms with van der Waals surface area (Å²) in [6.45, 7) is 7.19. The van der Waals surface area contributed by atoms with Crippen LogP contribution in [0.5, 0.6) is 23.0 Å². The number of unbranched alkanes of at least 4 members (excludes halogenated alkanes) is 3. The number of esters is 3. The highest BCUT2D eigenvalue weighted by Crippen LogP contribution is 2.35. The Morgan fingerprint density at radius 1 is 0.732 bits per heavy atom. The van der Waals surface area contributed by atoms with Crippen molar-refractivity contribution in [2.24, 2.45) is 0 Å². The van der Waals surface area contributed by atoms with Gasteiger partial charge in [-0.25, -0.2) is 14.4 Å². The van der Waals surface area contributed by atoms with E-state index in [1.54, 1.807) is 24.3 Å². The van der Waals surface area contributed by atoms with E-state index < -0.39 is 35.4 Å². The maximum absolute atomic E-state index is 13.0. The third-order valence-corrected chi connectivity index (χ3v) is 5.76. The van der Waals surface area contributed by atoms with Crippen LogP contribution in [0.15, 0.2) is 78.9 Å². The van der Waals surface area contributed by atoms with Gasteiger partial charge in [-0.2, -0.15) is 13.2 Å². The van der Waals surface area contributed by atoms with Gasteiger partial charge in [-0.15, -0.1) is 0 Å². The van der Waals surface area contributed by atoms with Crippen molar-refractivity contribution in [3.8, 4) is 23.0 Å². The molecule has 0 unspecified atom stereocenters. The topological polar surface area (TPSA) is 88.1 Å². The van der Waals surface area contributed by atoms with E-state index in [1.165, 1.54) is 30.3 Å². The first-order valence-electron chi connectivity index (χ1n) is 12.8. The molecule has 0 spiro atoms. The first-order valence-corrected chi connectivity index (χ1v) is 12.8. The second-order valence-corrected chi connectivity index (χ2v) is 9.05. The predicted molar refractivity (Wildman–Crippen MR) is 144 cm³/mol. The van der Waals surface area contributed by atoms with E-state index in [4.69, 9.17) is 18.9 Å². The van der Waals surface area contributed by atoms with Crippen molar-refractivity contribution >= 4 is 17.9 Å². The normalized spacial score (nSPS) is 11.0. The summed E-state index contributed by atoms with van der Waals surface area (Å²) in [6, 6.07) is 15.9. The third-order valence-electron chi connectivity index (χ3n) is 5.76. The molecule has 0 saturated carbocycles.